The van der Waals surface area contributed by atoms with Gasteiger partial charge in [-0.1, -0.05) is 0 Å². The second-order valence-electron chi connectivity index (χ2n) is 4.16. The van der Waals surface area contributed by atoms with Gasteiger partial charge in [0.25, 0.3) is 0 Å². The third-order valence-corrected chi connectivity index (χ3v) is 2.69. The summed E-state index contributed by atoms with van der Waals surface area (Å²) < 4.78 is 52.3. The number of rotatable bonds is 3. The number of hydrogen-bond acceptors (Lipinski definition) is 1. The van der Waals surface area contributed by atoms with E-state index in [0.717, 1.165) is 30.3 Å². The summed E-state index contributed by atoms with van der Waals surface area (Å²) in [6, 6.07) is 5.39. The van der Waals surface area contributed by atoms with Crippen LogP contribution in [0.4, 0.5) is 17.6 Å². The lowest BCUT2D eigenvalue weighted by Crippen LogP contribution is -2.05. The molecule has 2 rings (SSSR count). The van der Waals surface area contributed by atoms with Crippen LogP contribution in [0.15, 0.2) is 36.4 Å². The monoisotopic (exact) mass is 270 g/mol. The normalized spacial score (nSPS) is 12.5. The summed E-state index contributed by atoms with van der Waals surface area (Å²) in [6.07, 6.45) is -1.59. The number of aliphatic hydroxyl groups excluding tert-OH is 1. The molecule has 0 aromatic heterocycles. The van der Waals surface area contributed by atoms with E-state index in [2.05, 4.69) is 0 Å². The molecule has 0 aliphatic carbocycles. The van der Waals surface area contributed by atoms with Crippen LogP contribution in [0.1, 0.15) is 17.2 Å². The predicted molar refractivity (Wildman–Crippen MR) is 61.4 cm³/mol. The first-order chi connectivity index (χ1) is 8.95. The summed E-state index contributed by atoms with van der Waals surface area (Å²) in [5, 5.41) is 9.82. The molecule has 0 aliphatic rings. The molecule has 5 heteroatoms. The van der Waals surface area contributed by atoms with Crippen LogP contribution in [0.5, 0.6) is 0 Å². The molecular formula is C14H10F4O. The van der Waals surface area contributed by atoms with E-state index in [1.54, 1.807) is 0 Å². The summed E-state index contributed by atoms with van der Waals surface area (Å²) >= 11 is 0. The van der Waals surface area contributed by atoms with Crippen molar-refractivity contribution in [2.45, 2.75) is 12.5 Å². The number of benzene rings is 2. The highest BCUT2D eigenvalue weighted by Crippen LogP contribution is 2.22. The van der Waals surface area contributed by atoms with Crippen LogP contribution in [0.2, 0.25) is 0 Å². The predicted octanol–water partition coefficient (Wildman–Crippen LogP) is 3.52. The molecule has 0 saturated heterocycles. The van der Waals surface area contributed by atoms with Crippen molar-refractivity contribution < 1.29 is 22.7 Å². The van der Waals surface area contributed by atoms with Gasteiger partial charge in [0.15, 0.2) is 0 Å². The molecule has 2 aromatic rings. The van der Waals surface area contributed by atoms with Crippen LogP contribution >= 0.6 is 0 Å². The van der Waals surface area contributed by atoms with E-state index in [9.17, 15) is 22.7 Å². The second-order valence-corrected chi connectivity index (χ2v) is 4.16. The van der Waals surface area contributed by atoms with Crippen LogP contribution < -0.4 is 0 Å². The first-order valence-electron chi connectivity index (χ1n) is 5.53. The molecule has 2 aromatic carbocycles. The molecule has 1 unspecified atom stereocenters. The average Bonchev–Trinajstić information content (AvgIpc) is 2.32. The molecule has 1 nitrogen and oxygen atoms in total. The zero-order valence-electron chi connectivity index (χ0n) is 9.71. The number of hydrogen-bond donors (Lipinski definition) is 1. The Morgan fingerprint density at radius 1 is 0.842 bits per heavy atom. The summed E-state index contributed by atoms with van der Waals surface area (Å²) in [5.41, 5.74) is -0.0849. The summed E-state index contributed by atoms with van der Waals surface area (Å²) in [6.45, 7) is 0. The lowest BCUT2D eigenvalue weighted by atomic mass is 10.0. The topological polar surface area (TPSA) is 20.2 Å². The SMILES string of the molecule is OC(Cc1cc(F)ccc1F)c1cc(F)cc(F)c1. The Morgan fingerprint density at radius 3 is 2.11 bits per heavy atom. The number of aliphatic hydroxyl groups is 1. The molecule has 0 bridgehead atoms. The quantitative estimate of drug-likeness (QED) is 0.846. The fourth-order valence-corrected chi connectivity index (χ4v) is 1.79. The van der Waals surface area contributed by atoms with Gasteiger partial charge < -0.3 is 5.11 Å². The van der Waals surface area contributed by atoms with Crippen molar-refractivity contribution in [3.63, 3.8) is 0 Å². The smallest absolute Gasteiger partial charge is 0.126 e. The molecule has 0 spiro atoms. The van der Waals surface area contributed by atoms with Gasteiger partial charge in [-0.2, -0.15) is 0 Å². The minimum absolute atomic E-state index is 0.0267. The van der Waals surface area contributed by atoms with Crippen molar-refractivity contribution in [2.75, 3.05) is 0 Å². The Balaban J connectivity index is 2.25. The van der Waals surface area contributed by atoms with E-state index in [4.69, 9.17) is 0 Å². The Kier molecular flexibility index (Phi) is 3.85. The molecule has 1 N–H and O–H groups in total. The Labute approximate surface area is 107 Å². The third kappa shape index (κ3) is 3.32. The van der Waals surface area contributed by atoms with Crippen molar-refractivity contribution in [1.82, 2.24) is 0 Å². The second kappa shape index (κ2) is 5.40. The summed E-state index contributed by atoms with van der Waals surface area (Å²) in [7, 11) is 0. The van der Waals surface area contributed by atoms with Gasteiger partial charge in [-0.3, -0.25) is 0 Å². The Morgan fingerprint density at radius 2 is 1.47 bits per heavy atom. The molecule has 100 valence electrons. The zero-order chi connectivity index (χ0) is 14.0. The third-order valence-electron chi connectivity index (χ3n) is 2.69. The van der Waals surface area contributed by atoms with Crippen LogP contribution in [-0.4, -0.2) is 5.11 Å². The van der Waals surface area contributed by atoms with Crippen molar-refractivity contribution >= 4 is 0 Å². The highest BCUT2D eigenvalue weighted by Gasteiger charge is 2.14. The van der Waals surface area contributed by atoms with E-state index >= 15 is 0 Å². The van der Waals surface area contributed by atoms with Crippen molar-refractivity contribution in [3.8, 4) is 0 Å². The van der Waals surface area contributed by atoms with Crippen molar-refractivity contribution in [1.29, 1.82) is 0 Å². The maximum absolute atomic E-state index is 13.4. The van der Waals surface area contributed by atoms with Gasteiger partial charge in [-0.05, 0) is 41.5 Å². The van der Waals surface area contributed by atoms with E-state index in [1.165, 1.54) is 0 Å². The van der Waals surface area contributed by atoms with Crippen LogP contribution in [0, 0.1) is 23.3 Å². The molecule has 0 heterocycles. The fraction of sp³-hybridized carbons (Fsp3) is 0.143. The molecule has 0 fully saturated rings. The van der Waals surface area contributed by atoms with Gasteiger partial charge in [0, 0.05) is 12.5 Å². The Bertz CT molecular complexity index is 578. The lowest BCUT2D eigenvalue weighted by Gasteiger charge is -2.12. The van der Waals surface area contributed by atoms with Gasteiger partial charge in [-0.15, -0.1) is 0 Å². The zero-order valence-corrected chi connectivity index (χ0v) is 9.71. The minimum Gasteiger partial charge on any atom is -0.388 e. The molecule has 1 atom stereocenters. The van der Waals surface area contributed by atoms with Gasteiger partial charge >= 0.3 is 0 Å². The maximum Gasteiger partial charge on any atom is 0.126 e. The first kappa shape index (κ1) is 13.5. The lowest BCUT2D eigenvalue weighted by molar-refractivity contribution is 0.176. The summed E-state index contributed by atoms with van der Waals surface area (Å²) in [4.78, 5) is 0. The van der Waals surface area contributed by atoms with Crippen LogP contribution in [-0.2, 0) is 6.42 Å². The number of halogens is 4. The molecule has 0 amide bonds. The Hall–Kier alpha value is -1.88. The molecule has 0 aliphatic heterocycles. The maximum atomic E-state index is 13.4. The van der Waals surface area contributed by atoms with E-state index in [1.807, 2.05) is 0 Å². The van der Waals surface area contributed by atoms with Crippen molar-refractivity contribution in [2.24, 2.45) is 0 Å². The molecular weight excluding hydrogens is 260 g/mol. The standard InChI is InChI=1S/C14H10F4O/c15-10-1-2-13(18)8(3-10)6-14(19)9-4-11(16)7-12(17)5-9/h1-5,7,14,19H,6H2. The molecule has 0 saturated carbocycles. The van der Waals surface area contributed by atoms with Crippen molar-refractivity contribution in [3.05, 3.63) is 70.8 Å². The molecule has 19 heavy (non-hydrogen) atoms. The highest BCUT2D eigenvalue weighted by molar-refractivity contribution is 5.25. The van der Waals surface area contributed by atoms with Crippen LogP contribution in [0.25, 0.3) is 0 Å². The van der Waals surface area contributed by atoms with E-state index in [-0.39, 0.29) is 17.5 Å². The minimum atomic E-state index is -1.32. The average molecular weight is 270 g/mol. The van der Waals surface area contributed by atoms with E-state index in [0.29, 0.717) is 6.07 Å². The molecule has 0 radical (unpaired) electrons. The van der Waals surface area contributed by atoms with Gasteiger partial charge in [-0.25, -0.2) is 17.6 Å². The fourth-order valence-electron chi connectivity index (χ4n) is 1.79. The first-order valence-corrected chi connectivity index (χ1v) is 5.53. The van der Waals surface area contributed by atoms with E-state index < -0.39 is 29.4 Å². The highest BCUT2D eigenvalue weighted by atomic mass is 19.1. The van der Waals surface area contributed by atoms with Gasteiger partial charge in [0.05, 0.1) is 6.10 Å². The van der Waals surface area contributed by atoms with Crippen LogP contribution in [0.3, 0.4) is 0 Å². The van der Waals surface area contributed by atoms with Gasteiger partial charge in [0.2, 0.25) is 0 Å². The largest absolute Gasteiger partial charge is 0.388 e. The summed E-state index contributed by atoms with van der Waals surface area (Å²) in [5.74, 6) is -3.01. The van der Waals surface area contributed by atoms with Gasteiger partial charge in [0.1, 0.15) is 23.3 Å².